The van der Waals surface area contributed by atoms with Gasteiger partial charge in [0.05, 0.1) is 25.9 Å². The number of rotatable bonds is 5. The third-order valence-corrected chi connectivity index (χ3v) is 4.40. The second-order valence-electron chi connectivity index (χ2n) is 8.91. The molecule has 5 nitrogen and oxygen atoms in total. The van der Waals surface area contributed by atoms with E-state index >= 15 is 0 Å². The molecule has 2 fully saturated rings. The number of hydrogen-bond donors (Lipinski definition) is 1. The van der Waals surface area contributed by atoms with Gasteiger partial charge in [-0.15, -0.1) is 0 Å². The average molecular weight is 431 g/mol. The molecule has 0 radical (unpaired) electrons. The third-order valence-electron chi connectivity index (χ3n) is 4.40. The van der Waals surface area contributed by atoms with Crippen LogP contribution in [-0.2, 0) is 32.2 Å². The van der Waals surface area contributed by atoms with Crippen LogP contribution in [0.25, 0.3) is 0 Å². The molecule has 0 aromatic heterocycles. The van der Waals surface area contributed by atoms with Crippen LogP contribution >= 0.6 is 0 Å². The molecule has 5 heteroatoms. The zero-order chi connectivity index (χ0) is 22.7. The van der Waals surface area contributed by atoms with Crippen LogP contribution in [-0.4, -0.2) is 36.0 Å². The molecule has 4 rings (SSSR count). The molecule has 3 atom stereocenters. The lowest BCUT2D eigenvalue weighted by Crippen LogP contribution is -2.26. The molecule has 0 saturated carbocycles. The Morgan fingerprint density at radius 3 is 1.97 bits per heavy atom. The first-order chi connectivity index (χ1) is 14.8. The lowest BCUT2D eigenvalue weighted by atomic mass is 10.2. The average Bonchev–Trinajstić information content (AvgIpc) is 3.22. The first-order valence-corrected chi connectivity index (χ1v) is 11.1. The van der Waals surface area contributed by atoms with Crippen LogP contribution in [0.1, 0.15) is 52.2 Å². The van der Waals surface area contributed by atoms with E-state index < -0.39 is 5.79 Å². The molecular weight excluding hydrogens is 392 g/mol. The standard InChI is InChI=1S/C15H20O4.C7H8O.C4H10/c1-15(2)18-13-8-12(17-14(13)19-15)10-16-9-11-6-4-3-5-7-11;8-6-7-4-2-1-3-5-7;1-4(2)3/h3-7,12-14H,8-10H2,1-2H3;1-5,8H,6H2;4H,1-3H3. The van der Waals surface area contributed by atoms with Gasteiger partial charge in [-0.05, 0) is 30.9 Å². The summed E-state index contributed by atoms with van der Waals surface area (Å²) in [6.45, 7) is 11.7. The van der Waals surface area contributed by atoms with Crippen molar-refractivity contribution in [3.05, 3.63) is 71.8 Å². The SMILES string of the molecule is CC(C)C.CC1(C)OC2CC(COCc3ccccc3)OC2O1.OCc1ccccc1. The second-order valence-corrected chi connectivity index (χ2v) is 8.91. The molecule has 2 saturated heterocycles. The number of hydrogen-bond acceptors (Lipinski definition) is 5. The van der Waals surface area contributed by atoms with Crippen LogP contribution in [0.5, 0.6) is 0 Å². The molecule has 2 aliphatic rings. The minimum absolute atomic E-state index is 0.0420. The van der Waals surface area contributed by atoms with Crippen molar-refractivity contribution in [3.63, 3.8) is 0 Å². The van der Waals surface area contributed by atoms with Crippen molar-refractivity contribution < 1.29 is 24.1 Å². The predicted molar refractivity (Wildman–Crippen MR) is 122 cm³/mol. The summed E-state index contributed by atoms with van der Waals surface area (Å²) in [5.74, 6) is 0.311. The molecule has 2 aromatic carbocycles. The molecule has 3 unspecified atom stereocenters. The molecule has 0 amide bonds. The van der Waals surface area contributed by atoms with Gasteiger partial charge >= 0.3 is 0 Å². The van der Waals surface area contributed by atoms with E-state index in [1.54, 1.807) is 0 Å². The molecular formula is C26H38O5. The number of aliphatic hydroxyl groups is 1. The lowest BCUT2D eigenvalue weighted by Gasteiger charge is -2.20. The third kappa shape index (κ3) is 9.93. The highest BCUT2D eigenvalue weighted by Gasteiger charge is 2.48. The van der Waals surface area contributed by atoms with Crippen LogP contribution in [0.3, 0.4) is 0 Å². The summed E-state index contributed by atoms with van der Waals surface area (Å²) in [6.07, 6.45) is 0.707. The van der Waals surface area contributed by atoms with Crippen LogP contribution in [0, 0.1) is 5.92 Å². The van der Waals surface area contributed by atoms with E-state index in [2.05, 4.69) is 32.9 Å². The van der Waals surface area contributed by atoms with Crippen LogP contribution in [0.4, 0.5) is 0 Å². The van der Waals surface area contributed by atoms with Gasteiger partial charge in [0.15, 0.2) is 12.1 Å². The highest BCUT2D eigenvalue weighted by Crippen LogP contribution is 2.37. The molecule has 0 bridgehead atoms. The summed E-state index contributed by atoms with van der Waals surface area (Å²) < 4.78 is 22.9. The number of benzene rings is 2. The lowest BCUT2D eigenvalue weighted by molar-refractivity contribution is -0.209. The normalized spacial score (nSPS) is 23.4. The van der Waals surface area contributed by atoms with E-state index in [1.807, 2.05) is 62.4 Å². The fourth-order valence-electron chi connectivity index (χ4n) is 3.16. The Labute approximate surface area is 187 Å². The van der Waals surface area contributed by atoms with E-state index in [-0.39, 0.29) is 25.1 Å². The van der Waals surface area contributed by atoms with Crippen molar-refractivity contribution in [1.82, 2.24) is 0 Å². The largest absolute Gasteiger partial charge is 0.392 e. The monoisotopic (exact) mass is 430 g/mol. The quantitative estimate of drug-likeness (QED) is 0.697. The fraction of sp³-hybridized carbons (Fsp3) is 0.538. The van der Waals surface area contributed by atoms with Gasteiger partial charge in [0.2, 0.25) is 0 Å². The summed E-state index contributed by atoms with van der Waals surface area (Å²) in [6, 6.07) is 19.7. The minimum Gasteiger partial charge on any atom is -0.392 e. The van der Waals surface area contributed by atoms with Crippen molar-refractivity contribution in [2.45, 2.75) is 78.5 Å². The van der Waals surface area contributed by atoms with Gasteiger partial charge in [-0.3, -0.25) is 0 Å². The summed E-state index contributed by atoms with van der Waals surface area (Å²) in [5.41, 5.74) is 2.14. The van der Waals surface area contributed by atoms with Crippen molar-refractivity contribution in [2.24, 2.45) is 5.92 Å². The maximum Gasteiger partial charge on any atom is 0.187 e. The molecule has 2 heterocycles. The molecule has 2 aliphatic heterocycles. The van der Waals surface area contributed by atoms with Crippen LogP contribution in [0.15, 0.2) is 60.7 Å². The molecule has 172 valence electrons. The molecule has 2 aromatic rings. The summed E-state index contributed by atoms with van der Waals surface area (Å²) in [7, 11) is 0. The molecule has 31 heavy (non-hydrogen) atoms. The Kier molecular flexibility index (Phi) is 10.6. The maximum atomic E-state index is 8.54. The van der Waals surface area contributed by atoms with E-state index in [9.17, 15) is 0 Å². The highest BCUT2D eigenvalue weighted by atomic mass is 16.8. The number of fused-ring (bicyclic) bond motifs is 1. The highest BCUT2D eigenvalue weighted by molar-refractivity contribution is 5.13. The van der Waals surface area contributed by atoms with Gasteiger partial charge in [0.25, 0.3) is 0 Å². The van der Waals surface area contributed by atoms with E-state index in [1.165, 1.54) is 5.56 Å². The van der Waals surface area contributed by atoms with Crippen molar-refractivity contribution in [3.8, 4) is 0 Å². The minimum atomic E-state index is -0.523. The van der Waals surface area contributed by atoms with Crippen molar-refractivity contribution in [1.29, 1.82) is 0 Å². The van der Waals surface area contributed by atoms with Gasteiger partial charge in [0, 0.05) is 6.42 Å². The Morgan fingerprint density at radius 1 is 0.935 bits per heavy atom. The van der Waals surface area contributed by atoms with Crippen molar-refractivity contribution in [2.75, 3.05) is 6.61 Å². The Balaban J connectivity index is 0.000000236. The van der Waals surface area contributed by atoms with E-state index in [4.69, 9.17) is 24.1 Å². The fourth-order valence-corrected chi connectivity index (χ4v) is 3.16. The van der Waals surface area contributed by atoms with Gasteiger partial charge < -0.3 is 24.1 Å². The maximum absolute atomic E-state index is 8.54. The Bertz CT molecular complexity index is 698. The molecule has 0 spiro atoms. The van der Waals surface area contributed by atoms with Crippen molar-refractivity contribution >= 4 is 0 Å². The van der Waals surface area contributed by atoms with E-state index in [0.717, 1.165) is 17.9 Å². The van der Waals surface area contributed by atoms with Crippen LogP contribution < -0.4 is 0 Å². The zero-order valence-electron chi connectivity index (χ0n) is 19.5. The van der Waals surface area contributed by atoms with E-state index in [0.29, 0.717) is 13.2 Å². The number of aliphatic hydroxyl groups excluding tert-OH is 1. The topological polar surface area (TPSA) is 57.2 Å². The first kappa shape index (κ1) is 25.5. The summed E-state index contributed by atoms with van der Waals surface area (Å²) >= 11 is 0. The van der Waals surface area contributed by atoms with Gasteiger partial charge in [0.1, 0.15) is 6.10 Å². The molecule has 1 N–H and O–H groups in total. The Morgan fingerprint density at radius 2 is 1.48 bits per heavy atom. The predicted octanol–water partition coefficient (Wildman–Crippen LogP) is 5.31. The molecule has 0 aliphatic carbocycles. The van der Waals surface area contributed by atoms with Gasteiger partial charge in [-0.1, -0.05) is 81.4 Å². The first-order valence-electron chi connectivity index (χ1n) is 11.1. The Hall–Kier alpha value is -1.76. The summed E-state index contributed by atoms with van der Waals surface area (Å²) in [4.78, 5) is 0. The van der Waals surface area contributed by atoms with Gasteiger partial charge in [-0.2, -0.15) is 0 Å². The smallest absolute Gasteiger partial charge is 0.187 e. The zero-order valence-corrected chi connectivity index (χ0v) is 19.5. The van der Waals surface area contributed by atoms with Gasteiger partial charge in [-0.25, -0.2) is 0 Å². The second kappa shape index (κ2) is 12.9. The van der Waals surface area contributed by atoms with Crippen LogP contribution in [0.2, 0.25) is 0 Å². The summed E-state index contributed by atoms with van der Waals surface area (Å²) in [5, 5.41) is 8.54. The number of ether oxygens (including phenoxy) is 4.